The van der Waals surface area contributed by atoms with Crippen LogP contribution in [0.5, 0.6) is 5.75 Å². The topological polar surface area (TPSA) is 58.6 Å². The van der Waals surface area contributed by atoms with E-state index >= 15 is 0 Å². The summed E-state index contributed by atoms with van der Waals surface area (Å²) in [6, 6.07) is 12.7. The molecule has 0 bridgehead atoms. The summed E-state index contributed by atoms with van der Waals surface area (Å²) in [5, 5.41) is 3.73. The van der Waals surface area contributed by atoms with Gasteiger partial charge in [-0.2, -0.15) is 0 Å². The van der Waals surface area contributed by atoms with Gasteiger partial charge in [-0.05, 0) is 71.4 Å². The molecule has 1 N–H and O–H groups in total. The predicted molar refractivity (Wildman–Crippen MR) is 131 cm³/mol. The summed E-state index contributed by atoms with van der Waals surface area (Å²) in [5.74, 6) is 0.208. The third kappa shape index (κ3) is 6.48. The monoisotopic (exact) mass is 520 g/mol. The van der Waals surface area contributed by atoms with Gasteiger partial charge in [-0.25, -0.2) is 0 Å². The molecule has 0 radical (unpaired) electrons. The molecular weight excluding hydrogens is 492 g/mol. The maximum atomic E-state index is 13.3. The normalized spacial score (nSPS) is 14.8. The van der Waals surface area contributed by atoms with Gasteiger partial charge in [0.05, 0.1) is 4.47 Å². The van der Waals surface area contributed by atoms with Gasteiger partial charge in [0.15, 0.2) is 6.61 Å². The Morgan fingerprint density at radius 3 is 2.59 bits per heavy atom. The molecule has 0 saturated heterocycles. The van der Waals surface area contributed by atoms with Crippen molar-refractivity contribution in [2.45, 2.75) is 64.6 Å². The van der Waals surface area contributed by atoms with E-state index in [0.29, 0.717) is 28.2 Å². The molecule has 1 atom stereocenters. The highest BCUT2D eigenvalue weighted by atomic mass is 79.9. The lowest BCUT2D eigenvalue weighted by molar-refractivity contribution is -0.143. The van der Waals surface area contributed by atoms with Crippen LogP contribution in [0.25, 0.3) is 0 Å². The van der Waals surface area contributed by atoms with E-state index in [2.05, 4.69) is 21.2 Å². The molecule has 172 valence electrons. The van der Waals surface area contributed by atoms with Gasteiger partial charge in [0.2, 0.25) is 5.91 Å². The molecule has 0 spiro atoms. The van der Waals surface area contributed by atoms with Crippen molar-refractivity contribution in [3.05, 3.63) is 63.1 Å². The van der Waals surface area contributed by atoms with Gasteiger partial charge < -0.3 is 15.0 Å². The molecule has 7 heteroatoms. The van der Waals surface area contributed by atoms with Crippen molar-refractivity contribution < 1.29 is 14.3 Å². The second-order valence-corrected chi connectivity index (χ2v) is 9.52. The third-order valence-corrected chi connectivity index (χ3v) is 6.79. The average Bonchev–Trinajstić information content (AvgIpc) is 3.27. The molecule has 2 aromatic carbocycles. The van der Waals surface area contributed by atoms with Crippen LogP contribution < -0.4 is 10.1 Å². The molecule has 3 rings (SSSR count). The number of halogens is 2. The van der Waals surface area contributed by atoms with Crippen LogP contribution in [0.1, 0.15) is 50.2 Å². The zero-order valence-corrected chi connectivity index (χ0v) is 20.9. The Morgan fingerprint density at radius 2 is 1.94 bits per heavy atom. The molecule has 0 aliphatic heterocycles. The Bertz CT molecular complexity index is 947. The van der Waals surface area contributed by atoms with Crippen molar-refractivity contribution in [2.75, 3.05) is 6.61 Å². The van der Waals surface area contributed by atoms with E-state index in [4.69, 9.17) is 16.3 Å². The van der Waals surface area contributed by atoms with Crippen LogP contribution in [0.3, 0.4) is 0 Å². The second-order valence-electron chi connectivity index (χ2n) is 8.23. The smallest absolute Gasteiger partial charge is 0.261 e. The predicted octanol–water partition coefficient (Wildman–Crippen LogP) is 5.66. The van der Waals surface area contributed by atoms with Crippen molar-refractivity contribution in [1.82, 2.24) is 10.2 Å². The summed E-state index contributed by atoms with van der Waals surface area (Å²) >= 11 is 9.41. The number of rotatable bonds is 9. The van der Waals surface area contributed by atoms with Gasteiger partial charge in [0.1, 0.15) is 11.8 Å². The minimum atomic E-state index is -0.556. The van der Waals surface area contributed by atoms with Crippen LogP contribution >= 0.6 is 27.5 Å². The fraction of sp³-hybridized carbons (Fsp3) is 0.440. The standard InChI is InChI=1S/C25H30BrClN2O3/c1-3-22(25(31)28-20-10-6-7-11-20)29(15-18-9-5-4-8-17(18)2)24(30)16-32-23-13-12-19(27)14-21(23)26/h4-5,8-9,12-14,20,22H,3,6-7,10-11,15-16H2,1-2H3,(H,28,31). The van der Waals surface area contributed by atoms with Gasteiger partial charge in [0, 0.05) is 17.6 Å². The first-order chi connectivity index (χ1) is 15.4. The highest BCUT2D eigenvalue weighted by Gasteiger charge is 2.31. The molecule has 0 heterocycles. The van der Waals surface area contributed by atoms with E-state index in [0.717, 1.165) is 36.8 Å². The largest absolute Gasteiger partial charge is 0.483 e. The number of ether oxygens (including phenoxy) is 1. The summed E-state index contributed by atoms with van der Waals surface area (Å²) in [4.78, 5) is 28.1. The maximum Gasteiger partial charge on any atom is 0.261 e. The van der Waals surface area contributed by atoms with E-state index in [1.54, 1.807) is 23.1 Å². The van der Waals surface area contributed by atoms with Gasteiger partial charge in [-0.3, -0.25) is 9.59 Å². The summed E-state index contributed by atoms with van der Waals surface area (Å²) in [5.41, 5.74) is 2.10. The van der Waals surface area contributed by atoms with Crippen LogP contribution in [0.2, 0.25) is 5.02 Å². The lowest BCUT2D eigenvalue weighted by Crippen LogP contribution is -2.52. The van der Waals surface area contributed by atoms with Gasteiger partial charge in [-0.1, -0.05) is 55.6 Å². The summed E-state index contributed by atoms with van der Waals surface area (Å²) in [6.07, 6.45) is 4.80. The first kappa shape index (κ1) is 24.6. The Kier molecular flexibility index (Phi) is 9.00. The molecule has 1 aliphatic carbocycles. The molecule has 0 aromatic heterocycles. The van der Waals surface area contributed by atoms with Crippen LogP contribution in [0.4, 0.5) is 0 Å². The van der Waals surface area contributed by atoms with Crippen molar-refractivity contribution in [2.24, 2.45) is 0 Å². The van der Waals surface area contributed by atoms with E-state index in [-0.39, 0.29) is 24.5 Å². The molecule has 1 unspecified atom stereocenters. The molecule has 1 aliphatic rings. The second kappa shape index (κ2) is 11.7. The maximum absolute atomic E-state index is 13.3. The van der Waals surface area contributed by atoms with E-state index in [1.165, 1.54) is 0 Å². The summed E-state index contributed by atoms with van der Waals surface area (Å²) < 4.78 is 6.46. The van der Waals surface area contributed by atoms with E-state index < -0.39 is 6.04 Å². The number of nitrogens with one attached hydrogen (secondary N) is 1. The molecule has 5 nitrogen and oxygen atoms in total. The van der Waals surface area contributed by atoms with Crippen LogP contribution in [-0.2, 0) is 16.1 Å². The van der Waals surface area contributed by atoms with E-state index in [1.807, 2.05) is 38.1 Å². The number of aryl methyl sites for hydroxylation is 1. The molecule has 2 amide bonds. The van der Waals surface area contributed by atoms with Crippen LogP contribution in [0, 0.1) is 6.92 Å². The Hall–Kier alpha value is -2.05. The number of hydrogen-bond acceptors (Lipinski definition) is 3. The lowest BCUT2D eigenvalue weighted by Gasteiger charge is -2.32. The molecular formula is C25H30BrClN2O3. The summed E-state index contributed by atoms with van der Waals surface area (Å²) in [7, 11) is 0. The number of amides is 2. The fourth-order valence-electron chi connectivity index (χ4n) is 4.07. The minimum absolute atomic E-state index is 0.0889. The molecule has 32 heavy (non-hydrogen) atoms. The van der Waals surface area contributed by atoms with Crippen LogP contribution in [0.15, 0.2) is 46.9 Å². The van der Waals surface area contributed by atoms with Crippen molar-refractivity contribution >= 4 is 39.3 Å². The Balaban J connectivity index is 1.78. The van der Waals surface area contributed by atoms with E-state index in [9.17, 15) is 9.59 Å². The van der Waals surface area contributed by atoms with Gasteiger partial charge >= 0.3 is 0 Å². The number of carbonyl (C=O) groups excluding carboxylic acids is 2. The SMILES string of the molecule is CCC(C(=O)NC1CCCC1)N(Cc1ccccc1C)C(=O)COc1ccc(Cl)cc1Br. The first-order valence-electron chi connectivity index (χ1n) is 11.1. The Morgan fingerprint density at radius 1 is 1.22 bits per heavy atom. The molecule has 1 saturated carbocycles. The minimum Gasteiger partial charge on any atom is -0.483 e. The molecule has 2 aromatic rings. The number of carbonyl (C=O) groups is 2. The summed E-state index contributed by atoms with van der Waals surface area (Å²) in [6.45, 7) is 4.14. The van der Waals surface area contributed by atoms with Crippen molar-refractivity contribution in [3.63, 3.8) is 0 Å². The number of hydrogen-bond donors (Lipinski definition) is 1. The number of nitrogens with zero attached hydrogens (tertiary/aromatic N) is 1. The highest BCUT2D eigenvalue weighted by molar-refractivity contribution is 9.10. The van der Waals surface area contributed by atoms with Gasteiger partial charge in [0.25, 0.3) is 5.91 Å². The zero-order valence-electron chi connectivity index (χ0n) is 18.6. The zero-order chi connectivity index (χ0) is 23.1. The Labute approximate surface area is 203 Å². The fourth-order valence-corrected chi connectivity index (χ4v) is 4.87. The van der Waals surface area contributed by atoms with Gasteiger partial charge in [-0.15, -0.1) is 0 Å². The highest BCUT2D eigenvalue weighted by Crippen LogP contribution is 2.28. The van der Waals surface area contributed by atoms with Crippen molar-refractivity contribution in [1.29, 1.82) is 0 Å². The quantitative estimate of drug-likeness (QED) is 0.463. The number of benzene rings is 2. The average molecular weight is 522 g/mol. The third-order valence-electron chi connectivity index (χ3n) is 5.93. The molecule has 1 fully saturated rings. The lowest BCUT2D eigenvalue weighted by atomic mass is 10.1. The van der Waals surface area contributed by atoms with Crippen LogP contribution in [-0.4, -0.2) is 35.4 Å². The first-order valence-corrected chi connectivity index (χ1v) is 12.3. The van der Waals surface area contributed by atoms with Crippen molar-refractivity contribution in [3.8, 4) is 5.75 Å².